The monoisotopic (exact) mass is 342 g/mol. The SMILES string of the molecule is O=C(CN1CCCS1(=O)=O)N1CCCC1c1cccc(Cl)c1. The van der Waals surface area contributed by atoms with Gasteiger partial charge in [-0.2, -0.15) is 4.31 Å². The molecule has 0 saturated carbocycles. The van der Waals surface area contributed by atoms with E-state index in [2.05, 4.69) is 0 Å². The summed E-state index contributed by atoms with van der Waals surface area (Å²) in [4.78, 5) is 14.3. The quantitative estimate of drug-likeness (QED) is 0.844. The fraction of sp³-hybridized carbons (Fsp3) is 0.533. The molecule has 2 aliphatic rings. The van der Waals surface area contributed by atoms with Gasteiger partial charge in [0.2, 0.25) is 15.9 Å². The maximum absolute atomic E-state index is 12.5. The number of rotatable bonds is 3. The van der Waals surface area contributed by atoms with E-state index in [0.717, 1.165) is 18.4 Å². The number of halogens is 1. The molecule has 1 amide bonds. The van der Waals surface area contributed by atoms with Crippen molar-refractivity contribution in [2.24, 2.45) is 0 Å². The summed E-state index contributed by atoms with van der Waals surface area (Å²) in [6.07, 6.45) is 2.42. The number of amides is 1. The highest BCUT2D eigenvalue weighted by atomic mass is 35.5. The van der Waals surface area contributed by atoms with Gasteiger partial charge in [0.1, 0.15) is 0 Å². The van der Waals surface area contributed by atoms with Crippen molar-refractivity contribution in [2.75, 3.05) is 25.4 Å². The van der Waals surface area contributed by atoms with Crippen molar-refractivity contribution < 1.29 is 13.2 Å². The summed E-state index contributed by atoms with van der Waals surface area (Å²) in [6, 6.07) is 7.53. The van der Waals surface area contributed by atoms with E-state index in [0.29, 0.717) is 24.5 Å². The molecule has 0 radical (unpaired) electrons. The van der Waals surface area contributed by atoms with Crippen molar-refractivity contribution in [3.05, 3.63) is 34.9 Å². The molecule has 3 rings (SSSR count). The van der Waals surface area contributed by atoms with Crippen LogP contribution < -0.4 is 0 Å². The van der Waals surface area contributed by atoms with E-state index >= 15 is 0 Å². The number of benzene rings is 1. The summed E-state index contributed by atoms with van der Waals surface area (Å²) in [5.74, 6) is 0.0332. The molecule has 0 N–H and O–H groups in total. The predicted molar refractivity (Wildman–Crippen MR) is 85.1 cm³/mol. The fourth-order valence-corrected chi connectivity index (χ4v) is 4.90. The summed E-state index contributed by atoms with van der Waals surface area (Å²) in [7, 11) is -3.24. The van der Waals surface area contributed by atoms with Gasteiger partial charge in [-0.1, -0.05) is 23.7 Å². The number of likely N-dealkylation sites (tertiary alicyclic amines) is 1. The molecule has 1 atom stereocenters. The maximum atomic E-state index is 12.5. The number of carbonyl (C=O) groups is 1. The molecule has 2 fully saturated rings. The highest BCUT2D eigenvalue weighted by Crippen LogP contribution is 2.33. The minimum atomic E-state index is -3.24. The van der Waals surface area contributed by atoms with Gasteiger partial charge < -0.3 is 4.90 Å². The van der Waals surface area contributed by atoms with Gasteiger partial charge in [-0.15, -0.1) is 0 Å². The van der Waals surface area contributed by atoms with Crippen molar-refractivity contribution >= 4 is 27.5 Å². The second-order valence-electron chi connectivity index (χ2n) is 5.80. The Balaban J connectivity index is 1.74. The number of carbonyl (C=O) groups excluding carboxylic acids is 1. The molecule has 120 valence electrons. The average Bonchev–Trinajstić information content (AvgIpc) is 3.06. The number of hydrogen-bond donors (Lipinski definition) is 0. The summed E-state index contributed by atoms with van der Waals surface area (Å²) in [6.45, 7) is 1.08. The van der Waals surface area contributed by atoms with Crippen molar-refractivity contribution in [3.63, 3.8) is 0 Å². The Hall–Kier alpha value is -1.11. The second kappa shape index (κ2) is 6.18. The van der Waals surface area contributed by atoms with E-state index in [-0.39, 0.29) is 24.2 Å². The molecular weight excluding hydrogens is 324 g/mol. The van der Waals surface area contributed by atoms with E-state index in [4.69, 9.17) is 11.6 Å². The van der Waals surface area contributed by atoms with Gasteiger partial charge in [0.05, 0.1) is 18.3 Å². The van der Waals surface area contributed by atoms with Gasteiger partial charge in [-0.3, -0.25) is 4.79 Å². The molecule has 7 heteroatoms. The van der Waals surface area contributed by atoms with Gasteiger partial charge in [-0.25, -0.2) is 8.42 Å². The second-order valence-corrected chi connectivity index (χ2v) is 8.33. The van der Waals surface area contributed by atoms with Gasteiger partial charge >= 0.3 is 0 Å². The smallest absolute Gasteiger partial charge is 0.238 e. The lowest BCUT2D eigenvalue weighted by molar-refractivity contribution is -0.132. The predicted octanol–water partition coefficient (Wildman–Crippen LogP) is 2.04. The summed E-state index contributed by atoms with van der Waals surface area (Å²) < 4.78 is 25.0. The van der Waals surface area contributed by atoms with Crippen LogP contribution in [0.2, 0.25) is 5.02 Å². The minimum absolute atomic E-state index is 0.00323. The molecule has 1 unspecified atom stereocenters. The van der Waals surface area contributed by atoms with E-state index in [1.807, 2.05) is 24.3 Å². The molecule has 2 saturated heterocycles. The molecule has 0 aliphatic carbocycles. The first kappa shape index (κ1) is 15.8. The normalized spacial score (nSPS) is 24.8. The van der Waals surface area contributed by atoms with Crippen molar-refractivity contribution in [2.45, 2.75) is 25.3 Å². The van der Waals surface area contributed by atoms with E-state index in [1.54, 1.807) is 4.90 Å². The van der Waals surface area contributed by atoms with Crippen LogP contribution in [0.5, 0.6) is 0 Å². The van der Waals surface area contributed by atoms with E-state index in [9.17, 15) is 13.2 Å². The van der Waals surface area contributed by atoms with Crippen LogP contribution in [-0.4, -0.2) is 48.9 Å². The van der Waals surface area contributed by atoms with Crippen LogP contribution in [0.1, 0.15) is 30.9 Å². The Morgan fingerprint density at radius 1 is 1.27 bits per heavy atom. The zero-order chi connectivity index (χ0) is 15.7. The lowest BCUT2D eigenvalue weighted by atomic mass is 10.0. The molecular formula is C15H19ClN2O3S. The van der Waals surface area contributed by atoms with Crippen LogP contribution in [0.25, 0.3) is 0 Å². The van der Waals surface area contributed by atoms with E-state index < -0.39 is 10.0 Å². The molecule has 2 heterocycles. The largest absolute Gasteiger partial charge is 0.335 e. The molecule has 1 aromatic carbocycles. The highest BCUT2D eigenvalue weighted by Gasteiger charge is 2.35. The van der Waals surface area contributed by atoms with Crippen LogP contribution in [0, 0.1) is 0 Å². The van der Waals surface area contributed by atoms with Crippen LogP contribution in [-0.2, 0) is 14.8 Å². The highest BCUT2D eigenvalue weighted by molar-refractivity contribution is 7.89. The Morgan fingerprint density at radius 2 is 2.09 bits per heavy atom. The average molecular weight is 343 g/mol. The summed E-state index contributed by atoms with van der Waals surface area (Å²) in [5, 5.41) is 0.652. The molecule has 0 spiro atoms. The van der Waals surface area contributed by atoms with Crippen LogP contribution in [0.4, 0.5) is 0 Å². The molecule has 22 heavy (non-hydrogen) atoms. The first-order valence-electron chi connectivity index (χ1n) is 7.50. The summed E-state index contributed by atoms with van der Waals surface area (Å²) in [5.41, 5.74) is 1.02. The fourth-order valence-electron chi connectivity index (χ4n) is 3.24. The maximum Gasteiger partial charge on any atom is 0.238 e. The number of hydrogen-bond acceptors (Lipinski definition) is 3. The van der Waals surface area contributed by atoms with Crippen LogP contribution in [0.15, 0.2) is 24.3 Å². The van der Waals surface area contributed by atoms with Gasteiger partial charge in [0.25, 0.3) is 0 Å². The topological polar surface area (TPSA) is 57.7 Å². The van der Waals surface area contributed by atoms with Crippen molar-refractivity contribution in [1.29, 1.82) is 0 Å². The Labute approximate surface area is 135 Å². The Kier molecular flexibility index (Phi) is 4.43. The van der Waals surface area contributed by atoms with Crippen molar-refractivity contribution in [1.82, 2.24) is 9.21 Å². The summed E-state index contributed by atoms with van der Waals surface area (Å²) >= 11 is 6.03. The third kappa shape index (κ3) is 3.14. The van der Waals surface area contributed by atoms with Crippen LogP contribution >= 0.6 is 11.6 Å². The molecule has 0 aromatic heterocycles. The zero-order valence-corrected chi connectivity index (χ0v) is 13.8. The molecule has 2 aliphatic heterocycles. The third-order valence-corrected chi connectivity index (χ3v) is 6.46. The Bertz CT molecular complexity index is 677. The zero-order valence-electron chi connectivity index (χ0n) is 12.2. The molecule has 5 nitrogen and oxygen atoms in total. The number of nitrogens with zero attached hydrogens (tertiary/aromatic N) is 2. The molecule has 0 bridgehead atoms. The third-order valence-electron chi connectivity index (χ3n) is 4.32. The van der Waals surface area contributed by atoms with E-state index in [1.165, 1.54) is 4.31 Å². The Morgan fingerprint density at radius 3 is 2.77 bits per heavy atom. The molecule has 1 aromatic rings. The standard InChI is InChI=1S/C15H19ClN2O3S/c16-13-5-1-4-12(10-13)14-6-2-8-18(14)15(19)11-17-7-3-9-22(17,20)21/h1,4-5,10,14H,2-3,6-9,11H2. The first-order chi connectivity index (χ1) is 10.5. The lowest BCUT2D eigenvalue weighted by Gasteiger charge is -2.27. The van der Waals surface area contributed by atoms with Gasteiger partial charge in [-0.05, 0) is 37.0 Å². The number of sulfonamides is 1. The van der Waals surface area contributed by atoms with Crippen LogP contribution in [0.3, 0.4) is 0 Å². The first-order valence-corrected chi connectivity index (χ1v) is 9.49. The minimum Gasteiger partial charge on any atom is -0.335 e. The van der Waals surface area contributed by atoms with Crippen molar-refractivity contribution in [3.8, 4) is 0 Å². The van der Waals surface area contributed by atoms with Gasteiger partial charge in [0, 0.05) is 18.1 Å². The lowest BCUT2D eigenvalue weighted by Crippen LogP contribution is -2.40. The van der Waals surface area contributed by atoms with Gasteiger partial charge in [0.15, 0.2) is 0 Å².